The molecule has 0 unspecified atom stereocenters. The van der Waals surface area contributed by atoms with E-state index in [4.69, 9.17) is 9.47 Å². The van der Waals surface area contributed by atoms with Crippen LogP contribution in [0.25, 0.3) is 0 Å². The molecule has 7 heteroatoms. The molecular weight excluding hydrogens is 314 g/mol. The van der Waals surface area contributed by atoms with Gasteiger partial charge in [-0.05, 0) is 38.5 Å². The molecule has 0 amide bonds. The molecule has 1 aromatic carbocycles. The van der Waals surface area contributed by atoms with Gasteiger partial charge >= 0.3 is 11.9 Å². The van der Waals surface area contributed by atoms with Crippen molar-refractivity contribution in [2.24, 2.45) is 5.92 Å². The Balaban J connectivity index is 1.96. The Morgan fingerprint density at radius 2 is 1.92 bits per heavy atom. The van der Waals surface area contributed by atoms with Crippen molar-refractivity contribution in [3.8, 4) is 0 Å². The first-order chi connectivity index (χ1) is 11.4. The van der Waals surface area contributed by atoms with Gasteiger partial charge in [-0.3, -0.25) is 14.9 Å². The fourth-order valence-corrected chi connectivity index (χ4v) is 2.38. The first-order valence-corrected chi connectivity index (χ1v) is 7.69. The van der Waals surface area contributed by atoms with E-state index in [9.17, 15) is 19.7 Å². The van der Waals surface area contributed by atoms with Gasteiger partial charge in [0.25, 0.3) is 5.69 Å². The molecule has 0 saturated heterocycles. The van der Waals surface area contributed by atoms with E-state index in [0.29, 0.717) is 12.8 Å². The maximum atomic E-state index is 12.1. The summed E-state index contributed by atoms with van der Waals surface area (Å²) in [5, 5.41) is 10.6. The molecule has 1 aliphatic carbocycles. The minimum absolute atomic E-state index is 0.0967. The van der Waals surface area contributed by atoms with E-state index in [1.54, 1.807) is 26.0 Å². The zero-order chi connectivity index (χ0) is 17.7. The lowest BCUT2D eigenvalue weighted by Crippen LogP contribution is -2.29. The third-order valence-electron chi connectivity index (χ3n) is 3.55. The van der Waals surface area contributed by atoms with Gasteiger partial charge in [0.1, 0.15) is 6.10 Å². The van der Waals surface area contributed by atoms with Crippen LogP contribution in [0.3, 0.4) is 0 Å². The highest BCUT2D eigenvalue weighted by Crippen LogP contribution is 2.24. The van der Waals surface area contributed by atoms with Gasteiger partial charge in [0.2, 0.25) is 0 Å². The summed E-state index contributed by atoms with van der Waals surface area (Å²) >= 11 is 0. The summed E-state index contributed by atoms with van der Waals surface area (Å²) in [6.45, 7) is 3.56. The van der Waals surface area contributed by atoms with Crippen LogP contribution in [-0.4, -0.2) is 29.1 Å². The Morgan fingerprint density at radius 1 is 1.25 bits per heavy atom. The smallest absolute Gasteiger partial charge is 0.338 e. The Hall–Kier alpha value is -2.70. The van der Waals surface area contributed by atoms with Crippen LogP contribution in [0.1, 0.15) is 37.0 Å². The Labute approximate surface area is 139 Å². The SMILES string of the molecule is CC(C)OC(=O)[C@@H]1CC=C[C@@H](OC(=O)c2ccc([N+](=O)[O-])cc2)C1. The average molecular weight is 333 g/mol. The van der Waals surface area contributed by atoms with Crippen molar-refractivity contribution >= 4 is 17.6 Å². The highest BCUT2D eigenvalue weighted by molar-refractivity contribution is 5.89. The zero-order valence-electron chi connectivity index (χ0n) is 13.5. The summed E-state index contributed by atoms with van der Waals surface area (Å²) in [5.74, 6) is -1.23. The molecule has 0 spiro atoms. The molecule has 0 radical (unpaired) electrons. The van der Waals surface area contributed by atoms with Crippen molar-refractivity contribution in [3.63, 3.8) is 0 Å². The van der Waals surface area contributed by atoms with Gasteiger partial charge < -0.3 is 9.47 Å². The minimum Gasteiger partial charge on any atom is -0.463 e. The van der Waals surface area contributed by atoms with Gasteiger partial charge in [-0.1, -0.05) is 6.08 Å². The van der Waals surface area contributed by atoms with Crippen LogP contribution in [0.15, 0.2) is 36.4 Å². The number of hydrogen-bond donors (Lipinski definition) is 0. The second kappa shape index (κ2) is 7.72. The third kappa shape index (κ3) is 4.65. The van der Waals surface area contributed by atoms with Gasteiger partial charge in [-0.2, -0.15) is 0 Å². The number of allylic oxidation sites excluding steroid dienone is 1. The number of nitro groups is 1. The molecule has 0 saturated carbocycles. The molecule has 24 heavy (non-hydrogen) atoms. The Bertz CT molecular complexity index is 650. The largest absolute Gasteiger partial charge is 0.463 e. The number of benzene rings is 1. The average Bonchev–Trinajstić information content (AvgIpc) is 2.54. The minimum atomic E-state index is -0.586. The van der Waals surface area contributed by atoms with Crippen LogP contribution in [0.5, 0.6) is 0 Å². The van der Waals surface area contributed by atoms with Gasteiger partial charge in [0, 0.05) is 18.6 Å². The molecule has 7 nitrogen and oxygen atoms in total. The molecule has 0 aliphatic heterocycles. The van der Waals surface area contributed by atoms with Crippen LogP contribution in [0.4, 0.5) is 5.69 Å². The first kappa shape index (κ1) is 17.7. The Morgan fingerprint density at radius 3 is 2.50 bits per heavy atom. The molecule has 0 N–H and O–H groups in total. The number of hydrogen-bond acceptors (Lipinski definition) is 6. The van der Waals surface area contributed by atoms with Crippen LogP contribution in [0, 0.1) is 16.0 Å². The number of carbonyl (C=O) groups excluding carboxylic acids is 2. The van der Waals surface area contributed by atoms with Gasteiger partial charge in [0.05, 0.1) is 22.5 Å². The van der Waals surface area contributed by atoms with Crippen LogP contribution < -0.4 is 0 Å². The molecule has 0 bridgehead atoms. The number of rotatable bonds is 5. The van der Waals surface area contributed by atoms with E-state index in [1.807, 2.05) is 0 Å². The lowest BCUT2D eigenvalue weighted by Gasteiger charge is -2.24. The molecular formula is C17H19NO6. The highest BCUT2D eigenvalue weighted by Gasteiger charge is 2.28. The maximum absolute atomic E-state index is 12.1. The summed E-state index contributed by atoms with van der Waals surface area (Å²) < 4.78 is 10.5. The van der Waals surface area contributed by atoms with Crippen molar-refractivity contribution in [1.82, 2.24) is 0 Å². The van der Waals surface area contributed by atoms with E-state index in [0.717, 1.165) is 0 Å². The van der Waals surface area contributed by atoms with Gasteiger partial charge in [0.15, 0.2) is 0 Å². The topological polar surface area (TPSA) is 95.7 Å². The van der Waals surface area contributed by atoms with Gasteiger partial charge in [-0.15, -0.1) is 0 Å². The Kier molecular flexibility index (Phi) is 5.68. The maximum Gasteiger partial charge on any atom is 0.338 e. The lowest BCUT2D eigenvalue weighted by atomic mass is 9.92. The highest BCUT2D eigenvalue weighted by atomic mass is 16.6. The molecule has 0 aromatic heterocycles. The number of nitrogens with zero attached hydrogens (tertiary/aromatic N) is 1. The van der Waals surface area contributed by atoms with Crippen LogP contribution in [-0.2, 0) is 14.3 Å². The second-order valence-corrected chi connectivity index (χ2v) is 5.83. The van der Waals surface area contributed by atoms with E-state index in [1.165, 1.54) is 24.3 Å². The van der Waals surface area contributed by atoms with Gasteiger partial charge in [-0.25, -0.2) is 4.79 Å². The summed E-state index contributed by atoms with van der Waals surface area (Å²) in [6, 6.07) is 5.18. The summed E-state index contributed by atoms with van der Waals surface area (Å²) in [5.41, 5.74) is 0.126. The third-order valence-corrected chi connectivity index (χ3v) is 3.55. The molecule has 0 heterocycles. The number of esters is 2. The van der Waals surface area contributed by atoms with Crippen molar-refractivity contribution in [2.45, 2.75) is 38.9 Å². The quantitative estimate of drug-likeness (QED) is 0.356. The van der Waals surface area contributed by atoms with Crippen molar-refractivity contribution in [2.75, 3.05) is 0 Å². The number of non-ortho nitro benzene ring substituents is 1. The predicted octanol–water partition coefficient (Wildman–Crippen LogP) is 3.04. The zero-order valence-corrected chi connectivity index (χ0v) is 13.5. The predicted molar refractivity (Wildman–Crippen MR) is 85.4 cm³/mol. The standard InChI is InChI=1S/C17H19NO6/c1-11(2)23-17(20)13-4-3-5-15(10-13)24-16(19)12-6-8-14(9-7-12)18(21)22/h3,5-9,11,13,15H,4,10H2,1-2H3/t13-,15-/m1/s1. The van der Waals surface area contributed by atoms with Crippen molar-refractivity contribution in [1.29, 1.82) is 0 Å². The molecule has 0 fully saturated rings. The number of carbonyl (C=O) groups is 2. The van der Waals surface area contributed by atoms with E-state index in [-0.39, 0.29) is 29.2 Å². The number of ether oxygens (including phenoxy) is 2. The van der Waals surface area contributed by atoms with Crippen LogP contribution >= 0.6 is 0 Å². The second-order valence-electron chi connectivity index (χ2n) is 5.83. The van der Waals surface area contributed by atoms with Crippen molar-refractivity contribution < 1.29 is 24.0 Å². The van der Waals surface area contributed by atoms with Crippen LogP contribution in [0.2, 0.25) is 0 Å². The molecule has 2 rings (SSSR count). The van der Waals surface area contributed by atoms with E-state index < -0.39 is 17.0 Å². The normalized spacial score (nSPS) is 19.8. The van der Waals surface area contributed by atoms with Crippen molar-refractivity contribution in [3.05, 3.63) is 52.1 Å². The fourth-order valence-electron chi connectivity index (χ4n) is 2.38. The lowest BCUT2D eigenvalue weighted by molar-refractivity contribution is -0.384. The van der Waals surface area contributed by atoms with E-state index >= 15 is 0 Å². The first-order valence-electron chi connectivity index (χ1n) is 7.69. The monoisotopic (exact) mass is 333 g/mol. The fraction of sp³-hybridized carbons (Fsp3) is 0.412. The summed E-state index contributed by atoms with van der Waals surface area (Å²) in [7, 11) is 0. The number of nitro benzene ring substituents is 1. The molecule has 1 aliphatic rings. The summed E-state index contributed by atoms with van der Waals surface area (Å²) in [4.78, 5) is 34.1. The molecule has 1 aromatic rings. The molecule has 128 valence electrons. The molecule has 2 atom stereocenters. The van der Waals surface area contributed by atoms with E-state index in [2.05, 4.69) is 0 Å². The summed E-state index contributed by atoms with van der Waals surface area (Å²) in [6.07, 6.45) is 3.74.